The summed E-state index contributed by atoms with van der Waals surface area (Å²) in [4.78, 5) is 33.2. The summed E-state index contributed by atoms with van der Waals surface area (Å²) in [6.07, 6.45) is 1.00. The van der Waals surface area contributed by atoms with E-state index in [1.807, 2.05) is 13.8 Å². The van der Waals surface area contributed by atoms with Crippen LogP contribution in [0.3, 0.4) is 0 Å². The highest BCUT2D eigenvalue weighted by molar-refractivity contribution is 5.92. The zero-order valence-electron chi connectivity index (χ0n) is 10.4. The minimum absolute atomic E-state index is 0.0259. The molecule has 1 saturated heterocycles. The van der Waals surface area contributed by atoms with E-state index in [0.717, 1.165) is 0 Å². The molecule has 0 aromatic rings. The SMILES string of the molecule is CC(C)C1OC(=CC(=O)CCCC(=O)O)NC1=O. The quantitative estimate of drug-likeness (QED) is 0.685. The second-order valence-electron chi connectivity index (χ2n) is 4.49. The Hall–Kier alpha value is -1.85. The lowest BCUT2D eigenvalue weighted by Gasteiger charge is -2.09. The minimum Gasteiger partial charge on any atom is -0.481 e. The van der Waals surface area contributed by atoms with Crippen molar-refractivity contribution in [1.82, 2.24) is 5.32 Å². The number of ketones is 1. The lowest BCUT2D eigenvalue weighted by molar-refractivity contribution is -0.137. The summed E-state index contributed by atoms with van der Waals surface area (Å²) < 4.78 is 5.30. The molecule has 1 unspecified atom stereocenters. The predicted octanol–water partition coefficient (Wildman–Crippen LogP) is 0.823. The fourth-order valence-corrected chi connectivity index (χ4v) is 1.55. The maximum atomic E-state index is 11.5. The maximum Gasteiger partial charge on any atom is 0.303 e. The van der Waals surface area contributed by atoms with Gasteiger partial charge >= 0.3 is 5.97 Å². The highest BCUT2D eigenvalue weighted by atomic mass is 16.5. The van der Waals surface area contributed by atoms with Crippen molar-refractivity contribution in [2.24, 2.45) is 5.92 Å². The Bertz CT molecular complexity index is 386. The van der Waals surface area contributed by atoms with E-state index in [2.05, 4.69) is 5.32 Å². The van der Waals surface area contributed by atoms with Crippen LogP contribution in [0.4, 0.5) is 0 Å². The molecule has 0 aliphatic carbocycles. The van der Waals surface area contributed by atoms with Gasteiger partial charge in [0.05, 0.1) is 0 Å². The number of hydrogen-bond acceptors (Lipinski definition) is 4. The van der Waals surface area contributed by atoms with E-state index in [4.69, 9.17) is 9.84 Å². The van der Waals surface area contributed by atoms with Gasteiger partial charge in [0, 0.05) is 18.9 Å². The number of ether oxygens (including phenoxy) is 1. The summed E-state index contributed by atoms with van der Waals surface area (Å²) in [5.41, 5.74) is 0. The number of carboxylic acid groups (broad SMARTS) is 1. The van der Waals surface area contributed by atoms with Gasteiger partial charge in [-0.1, -0.05) is 13.8 Å². The Balaban J connectivity index is 2.45. The molecule has 1 fully saturated rings. The number of carbonyl (C=O) groups is 3. The van der Waals surface area contributed by atoms with Crippen LogP contribution < -0.4 is 5.32 Å². The van der Waals surface area contributed by atoms with Gasteiger partial charge in [-0.15, -0.1) is 0 Å². The molecule has 0 aromatic heterocycles. The molecule has 1 aliphatic heterocycles. The third kappa shape index (κ3) is 4.20. The van der Waals surface area contributed by atoms with Crippen LogP contribution in [-0.4, -0.2) is 28.9 Å². The summed E-state index contributed by atoms with van der Waals surface area (Å²) >= 11 is 0. The van der Waals surface area contributed by atoms with E-state index in [1.54, 1.807) is 0 Å². The first kappa shape index (κ1) is 14.2. The molecule has 6 heteroatoms. The van der Waals surface area contributed by atoms with Gasteiger partial charge in [0.2, 0.25) is 0 Å². The molecule has 18 heavy (non-hydrogen) atoms. The highest BCUT2D eigenvalue weighted by Gasteiger charge is 2.32. The number of hydrogen-bond donors (Lipinski definition) is 2. The van der Waals surface area contributed by atoms with Crippen molar-refractivity contribution in [2.75, 3.05) is 0 Å². The molecule has 0 saturated carbocycles. The Kier molecular flexibility index (Phi) is 4.88. The van der Waals surface area contributed by atoms with Crippen LogP contribution in [0.1, 0.15) is 33.1 Å². The Morgan fingerprint density at radius 2 is 2.11 bits per heavy atom. The molecular weight excluding hydrogens is 238 g/mol. The topological polar surface area (TPSA) is 92.7 Å². The zero-order valence-corrected chi connectivity index (χ0v) is 10.4. The van der Waals surface area contributed by atoms with Crippen molar-refractivity contribution in [3.05, 3.63) is 12.0 Å². The molecule has 0 bridgehead atoms. The van der Waals surface area contributed by atoms with Crippen LogP contribution in [0.2, 0.25) is 0 Å². The normalized spacial score (nSPS) is 20.9. The second-order valence-corrected chi connectivity index (χ2v) is 4.49. The standard InChI is InChI=1S/C12H17NO5/c1-7(2)11-12(17)13-9(18-11)6-8(14)4-3-5-10(15)16/h6-7,11H,3-5H2,1-2H3,(H,13,17)(H,15,16). The van der Waals surface area contributed by atoms with Gasteiger partial charge in [0.25, 0.3) is 5.91 Å². The van der Waals surface area contributed by atoms with Gasteiger partial charge in [-0.05, 0) is 12.3 Å². The van der Waals surface area contributed by atoms with Crippen molar-refractivity contribution in [3.8, 4) is 0 Å². The van der Waals surface area contributed by atoms with Gasteiger partial charge in [-0.25, -0.2) is 0 Å². The van der Waals surface area contributed by atoms with E-state index in [-0.39, 0.29) is 42.8 Å². The fourth-order valence-electron chi connectivity index (χ4n) is 1.55. The van der Waals surface area contributed by atoms with Crippen LogP contribution >= 0.6 is 0 Å². The lowest BCUT2D eigenvalue weighted by atomic mass is 10.1. The van der Waals surface area contributed by atoms with Gasteiger partial charge < -0.3 is 9.84 Å². The van der Waals surface area contributed by atoms with Crippen LogP contribution in [0.15, 0.2) is 12.0 Å². The van der Waals surface area contributed by atoms with Crippen molar-refractivity contribution in [2.45, 2.75) is 39.2 Å². The molecule has 0 spiro atoms. The van der Waals surface area contributed by atoms with Gasteiger partial charge in [0.15, 0.2) is 17.8 Å². The second kappa shape index (κ2) is 6.18. The molecule has 2 N–H and O–H groups in total. The zero-order chi connectivity index (χ0) is 13.7. The molecule has 0 aromatic carbocycles. The number of rotatable bonds is 6. The van der Waals surface area contributed by atoms with Crippen molar-refractivity contribution < 1.29 is 24.2 Å². The number of allylic oxidation sites excluding steroid dienone is 1. The fraction of sp³-hybridized carbons (Fsp3) is 0.583. The third-order valence-corrected chi connectivity index (χ3v) is 2.47. The highest BCUT2D eigenvalue weighted by Crippen LogP contribution is 2.17. The maximum absolute atomic E-state index is 11.5. The average molecular weight is 255 g/mol. The van der Waals surface area contributed by atoms with Crippen LogP contribution in [-0.2, 0) is 19.1 Å². The van der Waals surface area contributed by atoms with Crippen molar-refractivity contribution in [3.63, 3.8) is 0 Å². The lowest BCUT2D eigenvalue weighted by Crippen LogP contribution is -2.27. The van der Waals surface area contributed by atoms with E-state index < -0.39 is 12.1 Å². The molecule has 1 aliphatic rings. The average Bonchev–Trinajstić information content (AvgIpc) is 2.58. The Morgan fingerprint density at radius 3 is 2.61 bits per heavy atom. The predicted molar refractivity (Wildman–Crippen MR) is 62.4 cm³/mol. The van der Waals surface area contributed by atoms with Gasteiger partial charge in [0.1, 0.15) is 0 Å². The Morgan fingerprint density at radius 1 is 1.44 bits per heavy atom. The minimum atomic E-state index is -0.930. The third-order valence-electron chi connectivity index (χ3n) is 2.47. The first-order valence-electron chi connectivity index (χ1n) is 5.84. The molecule has 6 nitrogen and oxygen atoms in total. The molecule has 100 valence electrons. The first-order chi connectivity index (χ1) is 8.40. The molecule has 1 amide bonds. The summed E-state index contributed by atoms with van der Waals surface area (Å²) in [7, 11) is 0. The molecule has 1 atom stereocenters. The monoisotopic (exact) mass is 255 g/mol. The number of carboxylic acids is 1. The number of amides is 1. The van der Waals surface area contributed by atoms with Crippen molar-refractivity contribution >= 4 is 17.7 Å². The molecular formula is C12H17NO5. The Labute approximate surface area is 105 Å². The van der Waals surface area contributed by atoms with E-state index in [0.29, 0.717) is 0 Å². The van der Waals surface area contributed by atoms with Gasteiger partial charge in [-0.2, -0.15) is 0 Å². The molecule has 0 radical (unpaired) electrons. The van der Waals surface area contributed by atoms with Crippen LogP contribution in [0.25, 0.3) is 0 Å². The van der Waals surface area contributed by atoms with E-state index in [1.165, 1.54) is 6.08 Å². The number of aliphatic carboxylic acids is 1. The van der Waals surface area contributed by atoms with Crippen LogP contribution in [0, 0.1) is 5.92 Å². The molecule has 1 heterocycles. The summed E-state index contributed by atoms with van der Waals surface area (Å²) in [5, 5.41) is 10.9. The summed E-state index contributed by atoms with van der Waals surface area (Å²) in [6.45, 7) is 3.70. The van der Waals surface area contributed by atoms with E-state index >= 15 is 0 Å². The molecule has 1 rings (SSSR count). The summed E-state index contributed by atoms with van der Waals surface area (Å²) in [6, 6.07) is 0. The summed E-state index contributed by atoms with van der Waals surface area (Å²) in [5.74, 6) is -1.26. The van der Waals surface area contributed by atoms with E-state index in [9.17, 15) is 14.4 Å². The first-order valence-corrected chi connectivity index (χ1v) is 5.84. The number of carbonyl (C=O) groups excluding carboxylic acids is 2. The smallest absolute Gasteiger partial charge is 0.303 e. The van der Waals surface area contributed by atoms with Crippen LogP contribution in [0.5, 0.6) is 0 Å². The van der Waals surface area contributed by atoms with Crippen molar-refractivity contribution in [1.29, 1.82) is 0 Å². The number of nitrogens with one attached hydrogen (secondary N) is 1. The largest absolute Gasteiger partial charge is 0.481 e. The van der Waals surface area contributed by atoms with Gasteiger partial charge in [-0.3, -0.25) is 19.7 Å².